The van der Waals surface area contributed by atoms with Crippen LogP contribution in [-0.4, -0.2) is 23.8 Å². The van der Waals surface area contributed by atoms with Crippen molar-refractivity contribution in [3.05, 3.63) is 35.9 Å². The van der Waals surface area contributed by atoms with Gasteiger partial charge in [-0.3, -0.25) is 4.79 Å². The first-order valence-electron chi connectivity index (χ1n) is 4.66. The fourth-order valence-corrected chi connectivity index (χ4v) is 1.71. The molecule has 1 heterocycles. The lowest BCUT2D eigenvalue weighted by Crippen LogP contribution is -2.33. The summed E-state index contributed by atoms with van der Waals surface area (Å²) in [5, 5.41) is 9.66. The highest BCUT2D eigenvalue weighted by atomic mass is 16.5. The zero-order chi connectivity index (χ0) is 9.97. The molecule has 3 nitrogen and oxygen atoms in total. The molecule has 1 saturated heterocycles. The van der Waals surface area contributed by atoms with Gasteiger partial charge in [0.05, 0.1) is 12.5 Å². The highest BCUT2D eigenvalue weighted by Crippen LogP contribution is 2.27. The number of cyclic esters (lactones) is 1. The van der Waals surface area contributed by atoms with Crippen LogP contribution in [0.1, 0.15) is 17.9 Å². The second kappa shape index (κ2) is 3.80. The fraction of sp³-hybridized carbons (Fsp3) is 0.364. The van der Waals surface area contributed by atoms with Gasteiger partial charge in [0, 0.05) is 5.92 Å². The molecule has 3 heteroatoms. The van der Waals surface area contributed by atoms with Crippen molar-refractivity contribution in [1.29, 1.82) is 0 Å². The summed E-state index contributed by atoms with van der Waals surface area (Å²) in [6.07, 6.45) is -0.305. The molecule has 2 unspecified atom stereocenters. The number of esters is 1. The van der Waals surface area contributed by atoms with Gasteiger partial charge in [-0.1, -0.05) is 30.3 Å². The minimum absolute atomic E-state index is 0.110. The van der Waals surface area contributed by atoms with E-state index < -0.39 is 6.10 Å². The second-order valence-electron chi connectivity index (χ2n) is 3.47. The molecule has 0 radical (unpaired) electrons. The molecule has 1 aromatic rings. The van der Waals surface area contributed by atoms with E-state index in [-0.39, 0.29) is 24.9 Å². The largest absolute Gasteiger partial charge is 0.463 e. The summed E-state index contributed by atoms with van der Waals surface area (Å²) < 4.78 is 4.75. The summed E-state index contributed by atoms with van der Waals surface area (Å²) >= 11 is 0. The van der Waals surface area contributed by atoms with E-state index >= 15 is 0 Å². The number of carbonyl (C=O) groups is 1. The molecule has 1 N–H and O–H groups in total. The summed E-state index contributed by atoms with van der Waals surface area (Å²) in [5.74, 6) is -0.346. The van der Waals surface area contributed by atoms with Crippen molar-refractivity contribution in [1.82, 2.24) is 0 Å². The summed E-state index contributed by atoms with van der Waals surface area (Å²) in [6.45, 7) is 0.110. The van der Waals surface area contributed by atoms with Crippen molar-refractivity contribution in [2.75, 3.05) is 6.61 Å². The molecule has 0 spiro atoms. The Morgan fingerprint density at radius 1 is 1.29 bits per heavy atom. The normalized spacial score (nSPS) is 27.1. The third-order valence-electron chi connectivity index (χ3n) is 2.49. The van der Waals surface area contributed by atoms with Crippen LogP contribution in [0.15, 0.2) is 30.3 Å². The molecule has 1 aliphatic rings. The van der Waals surface area contributed by atoms with E-state index in [9.17, 15) is 9.90 Å². The van der Waals surface area contributed by atoms with Crippen molar-refractivity contribution < 1.29 is 14.6 Å². The Bertz CT molecular complexity index is 321. The Labute approximate surface area is 82.3 Å². The van der Waals surface area contributed by atoms with Crippen molar-refractivity contribution in [2.24, 2.45) is 0 Å². The van der Waals surface area contributed by atoms with E-state index in [2.05, 4.69) is 0 Å². The van der Waals surface area contributed by atoms with Crippen LogP contribution in [0.5, 0.6) is 0 Å². The van der Waals surface area contributed by atoms with Crippen molar-refractivity contribution in [3.8, 4) is 0 Å². The topological polar surface area (TPSA) is 46.5 Å². The maximum Gasteiger partial charge on any atom is 0.306 e. The Hall–Kier alpha value is -1.35. The van der Waals surface area contributed by atoms with Crippen LogP contribution in [0.25, 0.3) is 0 Å². The first kappa shape index (κ1) is 9.21. The predicted octanol–water partition coefficient (Wildman–Crippen LogP) is 1.08. The molecule has 74 valence electrons. The van der Waals surface area contributed by atoms with Crippen LogP contribution in [-0.2, 0) is 9.53 Å². The van der Waals surface area contributed by atoms with E-state index in [4.69, 9.17) is 4.74 Å². The van der Waals surface area contributed by atoms with Crippen LogP contribution in [0.3, 0.4) is 0 Å². The van der Waals surface area contributed by atoms with Gasteiger partial charge in [-0.15, -0.1) is 0 Å². The van der Waals surface area contributed by atoms with Gasteiger partial charge in [-0.05, 0) is 5.56 Å². The zero-order valence-corrected chi connectivity index (χ0v) is 7.72. The highest BCUT2D eigenvalue weighted by Gasteiger charge is 2.30. The van der Waals surface area contributed by atoms with E-state index in [0.717, 1.165) is 5.56 Å². The van der Waals surface area contributed by atoms with E-state index in [1.54, 1.807) is 0 Å². The number of carbonyl (C=O) groups excluding carboxylic acids is 1. The summed E-state index contributed by atoms with van der Waals surface area (Å²) in [6, 6.07) is 9.57. The number of aliphatic hydroxyl groups is 1. The summed E-state index contributed by atoms with van der Waals surface area (Å²) in [5.41, 5.74) is 0.997. The van der Waals surface area contributed by atoms with Crippen molar-refractivity contribution in [3.63, 3.8) is 0 Å². The molecular formula is C11H12O3. The molecule has 1 aliphatic heterocycles. The van der Waals surface area contributed by atoms with Crippen LogP contribution in [0.4, 0.5) is 0 Å². The second-order valence-corrected chi connectivity index (χ2v) is 3.47. The average molecular weight is 192 g/mol. The van der Waals surface area contributed by atoms with Gasteiger partial charge in [-0.2, -0.15) is 0 Å². The molecule has 2 atom stereocenters. The Balaban J connectivity index is 2.20. The smallest absolute Gasteiger partial charge is 0.306 e. The molecule has 0 bridgehead atoms. The molecule has 0 amide bonds. The minimum atomic E-state index is -0.574. The molecular weight excluding hydrogens is 180 g/mol. The van der Waals surface area contributed by atoms with E-state index in [0.29, 0.717) is 0 Å². The first-order chi connectivity index (χ1) is 6.77. The van der Waals surface area contributed by atoms with E-state index in [1.165, 1.54) is 0 Å². The number of hydrogen-bond acceptors (Lipinski definition) is 3. The maximum atomic E-state index is 11.1. The first-order valence-corrected chi connectivity index (χ1v) is 4.66. The van der Waals surface area contributed by atoms with Gasteiger partial charge in [-0.25, -0.2) is 0 Å². The van der Waals surface area contributed by atoms with Gasteiger partial charge in [0.25, 0.3) is 0 Å². The number of aliphatic hydroxyl groups excluding tert-OH is 1. The van der Waals surface area contributed by atoms with Crippen LogP contribution >= 0.6 is 0 Å². The molecule has 0 saturated carbocycles. The standard InChI is InChI=1S/C11H12O3/c12-10-7-14-11(13)6-9(10)8-4-2-1-3-5-8/h1-5,9-10,12H,6-7H2. The van der Waals surface area contributed by atoms with Crippen LogP contribution in [0.2, 0.25) is 0 Å². The molecule has 1 aromatic carbocycles. The highest BCUT2D eigenvalue weighted by molar-refractivity contribution is 5.71. The van der Waals surface area contributed by atoms with Crippen LogP contribution < -0.4 is 0 Å². The van der Waals surface area contributed by atoms with E-state index in [1.807, 2.05) is 30.3 Å². The maximum absolute atomic E-state index is 11.1. The third kappa shape index (κ3) is 1.77. The predicted molar refractivity (Wildman–Crippen MR) is 50.8 cm³/mol. The minimum Gasteiger partial charge on any atom is -0.463 e. The zero-order valence-electron chi connectivity index (χ0n) is 7.72. The number of benzene rings is 1. The summed E-state index contributed by atoms with van der Waals surface area (Å²) in [7, 11) is 0. The van der Waals surface area contributed by atoms with Crippen molar-refractivity contribution in [2.45, 2.75) is 18.4 Å². The third-order valence-corrected chi connectivity index (χ3v) is 2.49. The Morgan fingerprint density at radius 3 is 2.71 bits per heavy atom. The SMILES string of the molecule is O=C1CC(c2ccccc2)C(O)CO1. The van der Waals surface area contributed by atoms with Gasteiger partial charge in [0.1, 0.15) is 6.61 Å². The lowest BCUT2D eigenvalue weighted by molar-refractivity contribution is -0.154. The Kier molecular flexibility index (Phi) is 2.50. The van der Waals surface area contributed by atoms with Crippen LogP contribution in [0, 0.1) is 0 Å². The van der Waals surface area contributed by atoms with Gasteiger partial charge in [0.2, 0.25) is 0 Å². The number of hydrogen-bond donors (Lipinski definition) is 1. The van der Waals surface area contributed by atoms with Gasteiger partial charge in [0.15, 0.2) is 0 Å². The number of rotatable bonds is 1. The lowest BCUT2D eigenvalue weighted by atomic mass is 9.89. The van der Waals surface area contributed by atoms with Crippen molar-refractivity contribution >= 4 is 5.97 Å². The molecule has 14 heavy (non-hydrogen) atoms. The Morgan fingerprint density at radius 2 is 2.00 bits per heavy atom. The average Bonchev–Trinajstić information content (AvgIpc) is 2.23. The molecule has 0 aromatic heterocycles. The molecule has 1 fully saturated rings. The van der Waals surface area contributed by atoms with Gasteiger partial charge < -0.3 is 9.84 Å². The summed E-state index contributed by atoms with van der Waals surface area (Å²) in [4.78, 5) is 11.1. The monoisotopic (exact) mass is 192 g/mol. The lowest BCUT2D eigenvalue weighted by Gasteiger charge is -2.27. The molecule has 2 rings (SSSR count). The molecule has 0 aliphatic carbocycles. The van der Waals surface area contributed by atoms with Gasteiger partial charge >= 0.3 is 5.97 Å². The quantitative estimate of drug-likeness (QED) is 0.677. The number of ether oxygens (including phenoxy) is 1. The fourth-order valence-electron chi connectivity index (χ4n) is 1.71.